The molecule has 2 rings (SSSR count). The van der Waals surface area contributed by atoms with Gasteiger partial charge in [-0.05, 0) is 19.4 Å². The molecule has 0 radical (unpaired) electrons. The van der Waals surface area contributed by atoms with Crippen LogP contribution in [0.4, 0.5) is 0 Å². The van der Waals surface area contributed by atoms with Crippen LogP contribution in [0.3, 0.4) is 0 Å². The molecule has 2 heterocycles. The number of esters is 1. The van der Waals surface area contributed by atoms with Crippen molar-refractivity contribution >= 4 is 39.7 Å². The number of fused-ring (bicyclic) bond motifs is 1. The Kier molecular flexibility index (Phi) is 2.77. The van der Waals surface area contributed by atoms with Gasteiger partial charge in [-0.1, -0.05) is 12.2 Å². The number of carbonyl (C=O) groups is 1. The Bertz CT molecular complexity index is 628. The van der Waals surface area contributed by atoms with Gasteiger partial charge in [-0.2, -0.15) is 0 Å². The predicted octanol–water partition coefficient (Wildman–Crippen LogP) is 2.76. The average Bonchev–Trinajstić information content (AvgIpc) is 2.54. The number of aromatic amines is 1. The number of rotatable bonds is 1. The van der Waals surface area contributed by atoms with E-state index in [1.165, 1.54) is 18.4 Å². The van der Waals surface area contributed by atoms with E-state index in [0.29, 0.717) is 9.52 Å². The number of hydrogen-bond acceptors (Lipinski definition) is 5. The molecule has 2 aromatic heterocycles. The van der Waals surface area contributed by atoms with Crippen molar-refractivity contribution in [2.75, 3.05) is 7.11 Å². The summed E-state index contributed by atoms with van der Waals surface area (Å²) < 4.78 is 5.33. The van der Waals surface area contributed by atoms with Crippen molar-refractivity contribution in [1.29, 1.82) is 0 Å². The third-order valence-corrected chi connectivity index (χ3v) is 3.76. The molecular formula is C10H10N2O2S2. The van der Waals surface area contributed by atoms with Gasteiger partial charge in [-0.3, -0.25) is 0 Å². The summed E-state index contributed by atoms with van der Waals surface area (Å²) in [7, 11) is 1.37. The molecule has 0 unspecified atom stereocenters. The second kappa shape index (κ2) is 3.95. The van der Waals surface area contributed by atoms with Crippen LogP contribution in [0, 0.1) is 18.5 Å². The molecule has 4 nitrogen and oxygen atoms in total. The fourth-order valence-electron chi connectivity index (χ4n) is 1.54. The summed E-state index contributed by atoms with van der Waals surface area (Å²) in [5, 5.41) is 0.839. The summed E-state index contributed by atoms with van der Waals surface area (Å²) in [6.07, 6.45) is 0. The van der Waals surface area contributed by atoms with Crippen molar-refractivity contribution < 1.29 is 9.53 Å². The van der Waals surface area contributed by atoms with Crippen molar-refractivity contribution in [2.24, 2.45) is 0 Å². The van der Waals surface area contributed by atoms with Crippen LogP contribution in [0.15, 0.2) is 0 Å². The minimum Gasteiger partial charge on any atom is -0.465 e. The molecule has 1 N–H and O–H groups in total. The highest BCUT2D eigenvalue weighted by atomic mass is 32.1. The van der Waals surface area contributed by atoms with Crippen LogP contribution in [0.5, 0.6) is 0 Å². The molecule has 84 valence electrons. The first-order chi connectivity index (χ1) is 7.54. The minimum atomic E-state index is -0.340. The van der Waals surface area contributed by atoms with Crippen molar-refractivity contribution in [3.63, 3.8) is 0 Å². The van der Waals surface area contributed by atoms with Crippen LogP contribution in [-0.2, 0) is 4.74 Å². The molecule has 16 heavy (non-hydrogen) atoms. The molecule has 0 bridgehead atoms. The fraction of sp³-hybridized carbons (Fsp3) is 0.300. The Morgan fingerprint density at radius 2 is 2.19 bits per heavy atom. The maximum atomic E-state index is 11.5. The van der Waals surface area contributed by atoms with Gasteiger partial charge in [0.25, 0.3) is 0 Å². The van der Waals surface area contributed by atoms with Crippen molar-refractivity contribution in [1.82, 2.24) is 9.97 Å². The molecule has 2 aromatic rings. The molecule has 0 aliphatic heterocycles. The Morgan fingerprint density at radius 1 is 1.50 bits per heavy atom. The number of thiophene rings is 1. The molecular weight excluding hydrogens is 244 g/mol. The lowest BCUT2D eigenvalue weighted by molar-refractivity contribution is 0.0605. The van der Waals surface area contributed by atoms with E-state index < -0.39 is 0 Å². The molecule has 0 amide bonds. The number of ether oxygens (including phenoxy) is 1. The summed E-state index contributed by atoms with van der Waals surface area (Å²) in [4.78, 5) is 20.2. The number of carbonyl (C=O) groups excluding carboxylic acids is 1. The van der Waals surface area contributed by atoms with Crippen LogP contribution < -0.4 is 0 Å². The van der Waals surface area contributed by atoms with E-state index in [4.69, 9.17) is 17.0 Å². The zero-order valence-corrected chi connectivity index (χ0v) is 10.7. The standard InChI is InChI=1S/C10H10N2O2S2/c1-4-6-8(15)11-5(2)12-9(6)16-7(4)10(13)14-3/h1-3H3,(H,11,12,15). The van der Waals surface area contributed by atoms with Gasteiger partial charge in [-0.15, -0.1) is 11.3 Å². The zero-order chi connectivity index (χ0) is 11.9. The minimum absolute atomic E-state index is 0.340. The lowest BCUT2D eigenvalue weighted by atomic mass is 10.2. The zero-order valence-electron chi connectivity index (χ0n) is 9.08. The van der Waals surface area contributed by atoms with E-state index in [0.717, 1.165) is 21.6 Å². The van der Waals surface area contributed by atoms with Gasteiger partial charge in [0.05, 0.1) is 7.11 Å². The first-order valence-electron chi connectivity index (χ1n) is 4.63. The molecule has 0 spiro atoms. The Balaban J connectivity index is 2.83. The summed E-state index contributed by atoms with van der Waals surface area (Å²) in [6, 6.07) is 0. The number of nitrogens with one attached hydrogen (secondary N) is 1. The van der Waals surface area contributed by atoms with Crippen LogP contribution in [0.25, 0.3) is 10.2 Å². The first kappa shape index (κ1) is 11.2. The maximum Gasteiger partial charge on any atom is 0.348 e. The van der Waals surface area contributed by atoms with E-state index in [1.807, 2.05) is 13.8 Å². The van der Waals surface area contributed by atoms with E-state index in [2.05, 4.69) is 9.97 Å². The van der Waals surface area contributed by atoms with E-state index in [-0.39, 0.29) is 5.97 Å². The molecule has 0 fully saturated rings. The van der Waals surface area contributed by atoms with Crippen LogP contribution in [0.2, 0.25) is 0 Å². The van der Waals surface area contributed by atoms with Gasteiger partial charge in [0, 0.05) is 5.39 Å². The van der Waals surface area contributed by atoms with Crippen LogP contribution in [-0.4, -0.2) is 23.0 Å². The monoisotopic (exact) mass is 254 g/mol. The molecule has 0 saturated heterocycles. The number of H-pyrrole nitrogens is 1. The third-order valence-electron chi connectivity index (χ3n) is 2.29. The van der Waals surface area contributed by atoms with Gasteiger partial charge in [0.2, 0.25) is 0 Å². The van der Waals surface area contributed by atoms with Crippen LogP contribution in [0.1, 0.15) is 21.1 Å². The molecule has 0 aliphatic rings. The highest BCUT2D eigenvalue weighted by molar-refractivity contribution is 7.71. The second-order valence-corrected chi connectivity index (χ2v) is 4.79. The number of nitrogens with zero attached hydrogens (tertiary/aromatic N) is 1. The number of methoxy groups -OCH3 is 1. The molecule has 0 aliphatic carbocycles. The first-order valence-corrected chi connectivity index (χ1v) is 5.85. The lowest BCUT2D eigenvalue weighted by Crippen LogP contribution is -1.99. The Labute approximate surface area is 101 Å². The van der Waals surface area contributed by atoms with Gasteiger partial charge < -0.3 is 9.72 Å². The van der Waals surface area contributed by atoms with Crippen molar-refractivity contribution in [3.05, 3.63) is 20.9 Å². The molecule has 0 saturated carbocycles. The predicted molar refractivity (Wildman–Crippen MR) is 65.6 cm³/mol. The fourth-order valence-corrected chi connectivity index (χ4v) is 3.16. The normalized spacial score (nSPS) is 10.7. The number of aromatic nitrogens is 2. The van der Waals surface area contributed by atoms with Crippen LogP contribution >= 0.6 is 23.6 Å². The van der Waals surface area contributed by atoms with E-state index >= 15 is 0 Å². The van der Waals surface area contributed by atoms with Gasteiger partial charge >= 0.3 is 5.97 Å². The number of hydrogen-bond donors (Lipinski definition) is 1. The topological polar surface area (TPSA) is 55.0 Å². The summed E-state index contributed by atoms with van der Waals surface area (Å²) in [5.74, 6) is 0.405. The van der Waals surface area contributed by atoms with E-state index in [1.54, 1.807) is 0 Å². The Morgan fingerprint density at radius 3 is 2.81 bits per heavy atom. The molecule has 6 heteroatoms. The lowest BCUT2D eigenvalue weighted by Gasteiger charge is -1.96. The van der Waals surface area contributed by atoms with Gasteiger partial charge in [0.15, 0.2) is 0 Å². The third kappa shape index (κ3) is 1.64. The molecule has 0 atom stereocenters. The van der Waals surface area contributed by atoms with E-state index in [9.17, 15) is 4.79 Å². The summed E-state index contributed by atoms with van der Waals surface area (Å²) in [5.41, 5.74) is 0.834. The Hall–Kier alpha value is -1.27. The second-order valence-electron chi connectivity index (χ2n) is 3.38. The SMILES string of the molecule is COC(=O)c1sc2nc(C)[nH]c(=S)c2c1C. The highest BCUT2D eigenvalue weighted by Crippen LogP contribution is 2.30. The highest BCUT2D eigenvalue weighted by Gasteiger charge is 2.17. The smallest absolute Gasteiger partial charge is 0.348 e. The summed E-state index contributed by atoms with van der Waals surface area (Å²) >= 11 is 6.54. The largest absolute Gasteiger partial charge is 0.465 e. The quantitative estimate of drug-likeness (QED) is 0.628. The van der Waals surface area contributed by atoms with Gasteiger partial charge in [-0.25, -0.2) is 9.78 Å². The van der Waals surface area contributed by atoms with Crippen molar-refractivity contribution in [2.45, 2.75) is 13.8 Å². The average molecular weight is 254 g/mol. The summed E-state index contributed by atoms with van der Waals surface area (Å²) in [6.45, 7) is 3.69. The maximum absolute atomic E-state index is 11.5. The van der Waals surface area contributed by atoms with Gasteiger partial charge in [0.1, 0.15) is 20.2 Å². The van der Waals surface area contributed by atoms with Crippen molar-refractivity contribution in [3.8, 4) is 0 Å². The number of aryl methyl sites for hydroxylation is 2. The molecule has 0 aromatic carbocycles.